The summed E-state index contributed by atoms with van der Waals surface area (Å²) in [6.07, 6.45) is 1.27. The number of aromatic nitrogens is 1. The number of hydrogen-bond donors (Lipinski definition) is 2. The van der Waals surface area contributed by atoms with E-state index >= 15 is 0 Å². The molecule has 3 nitrogen and oxygen atoms in total. The summed E-state index contributed by atoms with van der Waals surface area (Å²) in [7, 11) is 0. The molecule has 1 aromatic heterocycles. The normalized spacial score (nSPS) is 14.9. The maximum absolute atomic E-state index is 13.8. The predicted molar refractivity (Wildman–Crippen MR) is 57.0 cm³/mol. The van der Waals surface area contributed by atoms with Crippen molar-refractivity contribution in [2.24, 2.45) is 5.73 Å². The van der Waals surface area contributed by atoms with Gasteiger partial charge in [0.1, 0.15) is 11.3 Å². The Balaban J connectivity index is 3.19. The lowest BCUT2D eigenvalue weighted by Crippen LogP contribution is -2.40. The average molecular weight is 230 g/mol. The van der Waals surface area contributed by atoms with E-state index in [4.69, 9.17) is 5.73 Å². The van der Waals surface area contributed by atoms with Gasteiger partial charge < -0.3 is 10.8 Å². The van der Waals surface area contributed by atoms with Crippen LogP contribution in [0.1, 0.15) is 38.1 Å². The zero-order valence-electron chi connectivity index (χ0n) is 9.54. The topological polar surface area (TPSA) is 59.1 Å². The standard InChI is InChI=1S/C11H16F2N2O/c1-7(14)8-4-5-15-9(6-8)11(12,13)10(2,3)16/h4-7,16H,14H2,1-3H3. The molecule has 0 aliphatic heterocycles. The number of aliphatic hydroxyl groups is 1. The predicted octanol–water partition coefficient (Wildman–Crippen LogP) is 1.96. The molecule has 1 rings (SSSR count). The summed E-state index contributed by atoms with van der Waals surface area (Å²) < 4.78 is 27.5. The molecule has 0 aromatic carbocycles. The maximum atomic E-state index is 13.8. The number of rotatable bonds is 3. The third-order valence-corrected chi connectivity index (χ3v) is 2.40. The number of halogens is 2. The van der Waals surface area contributed by atoms with E-state index in [0.29, 0.717) is 5.56 Å². The molecule has 1 unspecified atom stereocenters. The monoisotopic (exact) mass is 230 g/mol. The molecule has 0 fully saturated rings. The molecule has 0 radical (unpaired) electrons. The molecule has 16 heavy (non-hydrogen) atoms. The molecule has 0 saturated carbocycles. The molecule has 0 spiro atoms. The first-order valence-electron chi connectivity index (χ1n) is 4.98. The zero-order chi connectivity index (χ0) is 12.6. The fourth-order valence-electron chi connectivity index (χ4n) is 1.22. The van der Waals surface area contributed by atoms with E-state index in [9.17, 15) is 13.9 Å². The lowest BCUT2D eigenvalue weighted by molar-refractivity contribution is -0.171. The molecule has 1 atom stereocenters. The zero-order valence-corrected chi connectivity index (χ0v) is 9.54. The van der Waals surface area contributed by atoms with Crippen LogP contribution in [0, 0.1) is 0 Å². The highest BCUT2D eigenvalue weighted by atomic mass is 19.3. The Labute approximate surface area is 93.3 Å². The van der Waals surface area contributed by atoms with E-state index in [1.807, 2.05) is 0 Å². The lowest BCUT2D eigenvalue weighted by atomic mass is 9.95. The summed E-state index contributed by atoms with van der Waals surface area (Å²) in [5.41, 5.74) is 3.54. The van der Waals surface area contributed by atoms with Gasteiger partial charge in [-0.05, 0) is 38.5 Å². The van der Waals surface area contributed by atoms with Gasteiger partial charge in [0.15, 0.2) is 0 Å². The van der Waals surface area contributed by atoms with Gasteiger partial charge in [0.2, 0.25) is 0 Å². The second-order valence-electron chi connectivity index (χ2n) is 4.40. The van der Waals surface area contributed by atoms with Crippen LogP contribution < -0.4 is 5.73 Å². The van der Waals surface area contributed by atoms with Crippen LogP contribution in [0.3, 0.4) is 0 Å². The van der Waals surface area contributed by atoms with Crippen LogP contribution in [-0.2, 0) is 5.92 Å². The quantitative estimate of drug-likeness (QED) is 0.834. The van der Waals surface area contributed by atoms with E-state index in [0.717, 1.165) is 13.8 Å². The van der Waals surface area contributed by atoms with Gasteiger partial charge in [-0.3, -0.25) is 4.98 Å². The van der Waals surface area contributed by atoms with Crippen LogP contribution in [0.5, 0.6) is 0 Å². The largest absolute Gasteiger partial charge is 0.384 e. The van der Waals surface area contributed by atoms with Crippen LogP contribution >= 0.6 is 0 Å². The van der Waals surface area contributed by atoms with Crippen molar-refractivity contribution in [3.05, 3.63) is 29.6 Å². The summed E-state index contributed by atoms with van der Waals surface area (Å²) in [4.78, 5) is 3.59. The highest BCUT2D eigenvalue weighted by Crippen LogP contribution is 2.37. The molecule has 5 heteroatoms. The van der Waals surface area contributed by atoms with Gasteiger partial charge in [-0.1, -0.05) is 0 Å². The Hall–Kier alpha value is -1.07. The first kappa shape index (κ1) is 13.0. The summed E-state index contributed by atoms with van der Waals surface area (Å²) in [6, 6.07) is 2.46. The molecule has 0 bridgehead atoms. The van der Waals surface area contributed by atoms with Crippen LogP contribution in [0.25, 0.3) is 0 Å². The molecule has 90 valence electrons. The van der Waals surface area contributed by atoms with E-state index < -0.39 is 17.2 Å². The van der Waals surface area contributed by atoms with Crippen molar-refractivity contribution >= 4 is 0 Å². The molecule has 0 saturated heterocycles. The fourth-order valence-corrected chi connectivity index (χ4v) is 1.22. The van der Waals surface area contributed by atoms with Crippen molar-refractivity contribution in [1.82, 2.24) is 4.98 Å². The fraction of sp³-hybridized carbons (Fsp3) is 0.545. The molecule has 1 aromatic rings. The second-order valence-corrected chi connectivity index (χ2v) is 4.40. The third kappa shape index (κ3) is 2.36. The molecule has 3 N–H and O–H groups in total. The van der Waals surface area contributed by atoms with E-state index in [1.165, 1.54) is 12.3 Å². The van der Waals surface area contributed by atoms with Crippen molar-refractivity contribution in [2.75, 3.05) is 0 Å². The van der Waals surface area contributed by atoms with Crippen LogP contribution in [0.4, 0.5) is 8.78 Å². The highest BCUT2D eigenvalue weighted by molar-refractivity contribution is 5.23. The number of nitrogens with two attached hydrogens (primary N) is 1. The molecule has 1 heterocycles. The van der Waals surface area contributed by atoms with Gasteiger partial charge in [-0.25, -0.2) is 0 Å². The first-order chi connectivity index (χ1) is 7.16. The minimum Gasteiger partial charge on any atom is -0.384 e. The van der Waals surface area contributed by atoms with Crippen molar-refractivity contribution in [1.29, 1.82) is 0 Å². The Morgan fingerprint density at radius 3 is 2.44 bits per heavy atom. The number of hydrogen-bond acceptors (Lipinski definition) is 3. The van der Waals surface area contributed by atoms with E-state index in [-0.39, 0.29) is 6.04 Å². The summed E-state index contributed by atoms with van der Waals surface area (Å²) in [5, 5.41) is 9.41. The number of alkyl halides is 2. The van der Waals surface area contributed by atoms with Crippen molar-refractivity contribution < 1.29 is 13.9 Å². The smallest absolute Gasteiger partial charge is 0.317 e. The summed E-state index contributed by atoms with van der Waals surface area (Å²) in [5.74, 6) is -3.40. The molecule has 0 aliphatic rings. The summed E-state index contributed by atoms with van der Waals surface area (Å²) in [6.45, 7) is 3.79. The van der Waals surface area contributed by atoms with Gasteiger partial charge in [0, 0.05) is 12.2 Å². The van der Waals surface area contributed by atoms with Crippen LogP contribution in [0.2, 0.25) is 0 Å². The summed E-state index contributed by atoms with van der Waals surface area (Å²) >= 11 is 0. The average Bonchev–Trinajstić information content (AvgIpc) is 2.16. The van der Waals surface area contributed by atoms with Crippen molar-refractivity contribution in [2.45, 2.75) is 38.3 Å². The van der Waals surface area contributed by atoms with Crippen molar-refractivity contribution in [3.63, 3.8) is 0 Å². The first-order valence-corrected chi connectivity index (χ1v) is 4.98. The minimum absolute atomic E-state index is 0.348. The van der Waals surface area contributed by atoms with Gasteiger partial charge in [0.25, 0.3) is 0 Å². The Morgan fingerprint density at radius 2 is 2.00 bits per heavy atom. The Kier molecular flexibility index (Phi) is 3.30. The molecule has 0 aliphatic carbocycles. The SMILES string of the molecule is CC(N)c1ccnc(C(F)(F)C(C)(C)O)c1. The van der Waals surface area contributed by atoms with Gasteiger partial charge in [-0.15, -0.1) is 0 Å². The van der Waals surface area contributed by atoms with Gasteiger partial charge >= 0.3 is 5.92 Å². The van der Waals surface area contributed by atoms with Crippen molar-refractivity contribution in [3.8, 4) is 0 Å². The minimum atomic E-state index is -3.40. The molecular formula is C11H16F2N2O. The third-order valence-electron chi connectivity index (χ3n) is 2.40. The van der Waals surface area contributed by atoms with Gasteiger partial charge in [0.05, 0.1) is 0 Å². The van der Waals surface area contributed by atoms with E-state index in [2.05, 4.69) is 4.98 Å². The van der Waals surface area contributed by atoms with E-state index in [1.54, 1.807) is 13.0 Å². The molecular weight excluding hydrogens is 214 g/mol. The maximum Gasteiger partial charge on any atom is 0.317 e. The number of pyridine rings is 1. The lowest BCUT2D eigenvalue weighted by Gasteiger charge is -2.28. The number of nitrogens with zero attached hydrogens (tertiary/aromatic N) is 1. The Morgan fingerprint density at radius 1 is 1.44 bits per heavy atom. The molecule has 0 amide bonds. The van der Waals surface area contributed by atoms with Crippen LogP contribution in [0.15, 0.2) is 18.3 Å². The second kappa shape index (κ2) is 4.07. The highest BCUT2D eigenvalue weighted by Gasteiger charge is 2.48. The van der Waals surface area contributed by atoms with Crippen LogP contribution in [-0.4, -0.2) is 15.7 Å². The van der Waals surface area contributed by atoms with Gasteiger partial charge in [-0.2, -0.15) is 8.78 Å². The Bertz CT molecular complexity index is 372.